The van der Waals surface area contributed by atoms with Gasteiger partial charge in [0.15, 0.2) is 0 Å². The van der Waals surface area contributed by atoms with E-state index in [9.17, 15) is 9.50 Å². The van der Waals surface area contributed by atoms with Crippen LogP contribution in [0.25, 0.3) is 0 Å². The number of hydrogen-bond acceptors (Lipinski definition) is 2. The lowest BCUT2D eigenvalue weighted by Gasteiger charge is -2.13. The van der Waals surface area contributed by atoms with E-state index in [1.807, 2.05) is 24.5 Å². The molecule has 88 valence electrons. The molecule has 0 aliphatic carbocycles. The van der Waals surface area contributed by atoms with Crippen LogP contribution >= 0.6 is 11.8 Å². The number of thioether (sulfide) groups is 1. The van der Waals surface area contributed by atoms with E-state index in [1.165, 1.54) is 17.8 Å². The van der Waals surface area contributed by atoms with Gasteiger partial charge in [0, 0.05) is 10.5 Å². The third-order valence-corrected chi connectivity index (χ3v) is 3.34. The first-order valence-corrected chi connectivity index (χ1v) is 6.51. The highest BCUT2D eigenvalue weighted by molar-refractivity contribution is 7.98. The second-order valence-electron chi connectivity index (χ2n) is 3.70. The largest absolute Gasteiger partial charge is 0.384 e. The van der Waals surface area contributed by atoms with Crippen LogP contribution in [0, 0.1) is 5.82 Å². The van der Waals surface area contributed by atoms with Crippen LogP contribution < -0.4 is 0 Å². The van der Waals surface area contributed by atoms with Crippen molar-refractivity contribution >= 4 is 11.8 Å². The molecule has 1 nitrogen and oxygen atoms in total. The fraction of sp³-hybridized carbons (Fsp3) is 0.143. The summed E-state index contributed by atoms with van der Waals surface area (Å²) in [5.41, 5.74) is 1.02. The maximum Gasteiger partial charge on any atom is 0.129 e. The number of aliphatic hydroxyl groups is 1. The molecule has 0 aliphatic heterocycles. The van der Waals surface area contributed by atoms with Crippen LogP contribution in [-0.4, -0.2) is 11.4 Å². The van der Waals surface area contributed by atoms with Crippen molar-refractivity contribution in [1.82, 2.24) is 0 Å². The molecule has 0 radical (unpaired) electrons. The molecule has 2 rings (SSSR count). The molecule has 0 amide bonds. The molecular formula is C14H13FOS. The quantitative estimate of drug-likeness (QED) is 0.837. The first-order chi connectivity index (χ1) is 8.22. The molecule has 0 spiro atoms. The minimum atomic E-state index is -0.914. The van der Waals surface area contributed by atoms with Crippen molar-refractivity contribution in [1.29, 1.82) is 0 Å². The average molecular weight is 248 g/mol. The van der Waals surface area contributed by atoms with Gasteiger partial charge in [-0.3, -0.25) is 0 Å². The van der Waals surface area contributed by atoms with Gasteiger partial charge >= 0.3 is 0 Å². The first kappa shape index (κ1) is 12.1. The fourth-order valence-electron chi connectivity index (χ4n) is 1.67. The Bertz CT molecular complexity index is 499. The van der Waals surface area contributed by atoms with Crippen LogP contribution in [0.2, 0.25) is 0 Å². The number of hydrogen-bond donors (Lipinski definition) is 1. The monoisotopic (exact) mass is 248 g/mol. The van der Waals surface area contributed by atoms with Gasteiger partial charge < -0.3 is 5.11 Å². The Morgan fingerprint density at radius 3 is 2.47 bits per heavy atom. The molecular weight excluding hydrogens is 235 g/mol. The summed E-state index contributed by atoms with van der Waals surface area (Å²) in [6, 6.07) is 13.9. The van der Waals surface area contributed by atoms with E-state index in [-0.39, 0.29) is 5.82 Å². The van der Waals surface area contributed by atoms with Crippen molar-refractivity contribution in [2.45, 2.75) is 11.0 Å². The van der Waals surface area contributed by atoms with Gasteiger partial charge in [-0.05, 0) is 30.0 Å². The molecule has 2 aromatic carbocycles. The van der Waals surface area contributed by atoms with E-state index in [4.69, 9.17) is 0 Å². The van der Waals surface area contributed by atoms with Gasteiger partial charge in [-0.1, -0.05) is 30.3 Å². The standard InChI is InChI=1S/C14H13FOS/c1-17-11-7-8-13(15)12(9-11)14(16)10-5-3-2-4-6-10/h2-9,14,16H,1H3. The maximum absolute atomic E-state index is 13.7. The summed E-state index contributed by atoms with van der Waals surface area (Å²) < 4.78 is 13.7. The lowest BCUT2D eigenvalue weighted by molar-refractivity contribution is 0.214. The molecule has 0 saturated carbocycles. The molecule has 1 atom stereocenters. The van der Waals surface area contributed by atoms with E-state index < -0.39 is 6.10 Å². The third-order valence-electron chi connectivity index (χ3n) is 2.61. The Morgan fingerprint density at radius 2 is 1.82 bits per heavy atom. The van der Waals surface area contributed by atoms with Crippen molar-refractivity contribution < 1.29 is 9.50 Å². The molecule has 0 saturated heterocycles. The fourth-order valence-corrected chi connectivity index (χ4v) is 2.12. The molecule has 1 unspecified atom stereocenters. The Hall–Kier alpha value is -1.32. The van der Waals surface area contributed by atoms with Gasteiger partial charge in [-0.15, -0.1) is 11.8 Å². The Labute approximate surface area is 104 Å². The third kappa shape index (κ3) is 2.68. The lowest BCUT2D eigenvalue weighted by atomic mass is 10.0. The lowest BCUT2D eigenvalue weighted by Crippen LogP contribution is -2.02. The highest BCUT2D eigenvalue weighted by atomic mass is 32.2. The summed E-state index contributed by atoms with van der Waals surface area (Å²) in [6.07, 6.45) is 1.01. The smallest absolute Gasteiger partial charge is 0.129 e. The van der Waals surface area contributed by atoms with Crippen LogP contribution in [0.15, 0.2) is 53.4 Å². The van der Waals surface area contributed by atoms with E-state index in [1.54, 1.807) is 24.3 Å². The Kier molecular flexibility index (Phi) is 3.82. The highest BCUT2D eigenvalue weighted by Crippen LogP contribution is 2.27. The zero-order valence-electron chi connectivity index (χ0n) is 9.43. The minimum Gasteiger partial charge on any atom is -0.384 e. The molecule has 0 fully saturated rings. The maximum atomic E-state index is 13.7. The number of aliphatic hydroxyl groups excluding tert-OH is 1. The Balaban J connectivity index is 2.40. The summed E-state index contributed by atoms with van der Waals surface area (Å²) in [5, 5.41) is 10.1. The normalized spacial score (nSPS) is 12.4. The van der Waals surface area contributed by atoms with E-state index in [0.29, 0.717) is 11.1 Å². The van der Waals surface area contributed by atoms with Crippen molar-refractivity contribution in [3.8, 4) is 0 Å². The van der Waals surface area contributed by atoms with E-state index in [0.717, 1.165) is 4.90 Å². The highest BCUT2D eigenvalue weighted by Gasteiger charge is 2.15. The summed E-state index contributed by atoms with van der Waals surface area (Å²) in [5.74, 6) is -0.376. The predicted octanol–water partition coefficient (Wildman–Crippen LogP) is 3.63. The van der Waals surface area contributed by atoms with Crippen molar-refractivity contribution in [2.24, 2.45) is 0 Å². The predicted molar refractivity (Wildman–Crippen MR) is 68.7 cm³/mol. The van der Waals surface area contributed by atoms with Gasteiger partial charge in [0.1, 0.15) is 11.9 Å². The van der Waals surface area contributed by atoms with Crippen LogP contribution in [0.1, 0.15) is 17.2 Å². The topological polar surface area (TPSA) is 20.2 Å². The van der Waals surface area contributed by atoms with Crippen LogP contribution in [0.4, 0.5) is 4.39 Å². The van der Waals surface area contributed by atoms with Gasteiger partial charge in [-0.25, -0.2) is 4.39 Å². The van der Waals surface area contributed by atoms with Crippen LogP contribution in [0.5, 0.6) is 0 Å². The van der Waals surface area contributed by atoms with Crippen molar-refractivity contribution in [2.75, 3.05) is 6.26 Å². The summed E-state index contributed by atoms with van der Waals surface area (Å²) in [6.45, 7) is 0. The van der Waals surface area contributed by atoms with Gasteiger partial charge in [-0.2, -0.15) is 0 Å². The van der Waals surface area contributed by atoms with Gasteiger partial charge in [0.25, 0.3) is 0 Å². The van der Waals surface area contributed by atoms with Gasteiger partial charge in [0.2, 0.25) is 0 Å². The summed E-state index contributed by atoms with van der Waals surface area (Å²) in [4.78, 5) is 0.941. The van der Waals surface area contributed by atoms with Crippen LogP contribution in [0.3, 0.4) is 0 Å². The number of rotatable bonds is 3. The Morgan fingerprint density at radius 1 is 1.12 bits per heavy atom. The zero-order valence-corrected chi connectivity index (χ0v) is 10.2. The van der Waals surface area contributed by atoms with Gasteiger partial charge in [0.05, 0.1) is 0 Å². The first-order valence-electron chi connectivity index (χ1n) is 5.29. The molecule has 17 heavy (non-hydrogen) atoms. The molecule has 0 aliphatic rings. The average Bonchev–Trinajstić information content (AvgIpc) is 2.39. The second-order valence-corrected chi connectivity index (χ2v) is 4.58. The number of halogens is 1. The van der Waals surface area contributed by atoms with Crippen molar-refractivity contribution in [3.05, 3.63) is 65.5 Å². The minimum absolute atomic E-state index is 0.322. The summed E-state index contributed by atoms with van der Waals surface area (Å²) in [7, 11) is 0. The molecule has 1 N–H and O–H groups in total. The molecule has 3 heteroatoms. The van der Waals surface area contributed by atoms with Crippen LogP contribution in [-0.2, 0) is 0 Å². The van der Waals surface area contributed by atoms with Crippen molar-refractivity contribution in [3.63, 3.8) is 0 Å². The van der Waals surface area contributed by atoms with E-state index >= 15 is 0 Å². The molecule has 0 heterocycles. The molecule has 2 aromatic rings. The SMILES string of the molecule is CSc1ccc(F)c(C(O)c2ccccc2)c1. The molecule has 0 bridgehead atoms. The summed E-state index contributed by atoms with van der Waals surface area (Å²) >= 11 is 1.53. The molecule has 0 aromatic heterocycles. The van der Waals surface area contributed by atoms with E-state index in [2.05, 4.69) is 0 Å². The second kappa shape index (κ2) is 5.34. The number of benzene rings is 2. The zero-order chi connectivity index (χ0) is 12.3.